The monoisotopic (exact) mass is 586 g/mol. The molecule has 10 nitrogen and oxygen atoms in total. The molecule has 232 valence electrons. The van der Waals surface area contributed by atoms with Crippen LogP contribution < -0.4 is 0 Å². The summed E-state index contributed by atoms with van der Waals surface area (Å²) >= 11 is 0. The predicted molar refractivity (Wildman–Crippen MR) is 156 cm³/mol. The number of carbonyl (C=O) groups excluding carboxylic acids is 5. The van der Waals surface area contributed by atoms with Crippen LogP contribution in [0, 0.1) is 28.6 Å². The summed E-state index contributed by atoms with van der Waals surface area (Å²) < 4.78 is 9.90. The molecule has 42 heavy (non-hydrogen) atoms. The predicted octanol–water partition coefficient (Wildman–Crippen LogP) is 3.77. The van der Waals surface area contributed by atoms with Gasteiger partial charge in [0.15, 0.2) is 11.6 Å². The Morgan fingerprint density at radius 2 is 1.33 bits per heavy atom. The molecule has 3 aliphatic rings. The fourth-order valence-corrected chi connectivity index (χ4v) is 6.51. The fraction of sp³-hybridized carbons (Fsp3) is 0.656. The van der Waals surface area contributed by atoms with Crippen LogP contribution in [0.1, 0.15) is 67.2 Å². The zero-order chi connectivity index (χ0) is 31.6. The highest BCUT2D eigenvalue weighted by Crippen LogP contribution is 2.45. The molecule has 1 N–H and O–H groups in total. The zero-order valence-electron chi connectivity index (χ0n) is 26.2. The number of methoxy groups -OCH3 is 2. The summed E-state index contributed by atoms with van der Waals surface area (Å²) in [5, 5.41) is 11.3. The molecule has 0 aromatic rings. The van der Waals surface area contributed by atoms with E-state index < -0.39 is 46.3 Å². The summed E-state index contributed by atoms with van der Waals surface area (Å²) in [7, 11) is 2.50. The van der Waals surface area contributed by atoms with Crippen molar-refractivity contribution in [3.8, 4) is 0 Å². The van der Waals surface area contributed by atoms with Crippen molar-refractivity contribution >= 4 is 29.3 Å². The van der Waals surface area contributed by atoms with E-state index in [0.29, 0.717) is 50.4 Å². The molecule has 1 heterocycles. The van der Waals surface area contributed by atoms with Gasteiger partial charge in [-0.1, -0.05) is 53.7 Å². The lowest BCUT2D eigenvalue weighted by atomic mass is 9.66. The first-order valence-electron chi connectivity index (χ1n) is 14.8. The molecule has 0 bridgehead atoms. The average Bonchev–Trinajstić information content (AvgIpc) is 2.91. The van der Waals surface area contributed by atoms with Crippen LogP contribution in [0.15, 0.2) is 34.9 Å². The van der Waals surface area contributed by atoms with Crippen molar-refractivity contribution in [2.24, 2.45) is 28.6 Å². The minimum atomic E-state index is -1.07. The molecule has 10 heteroatoms. The largest absolute Gasteiger partial charge is 0.511 e. The molecule has 0 saturated carbocycles. The maximum Gasteiger partial charge on any atom is 0.317 e. The second-order valence-electron chi connectivity index (χ2n) is 12.6. The van der Waals surface area contributed by atoms with Gasteiger partial charge >= 0.3 is 11.9 Å². The van der Waals surface area contributed by atoms with Crippen molar-refractivity contribution in [2.75, 3.05) is 40.4 Å². The molecule has 0 aromatic carbocycles. The Bertz CT molecular complexity index is 1220. The van der Waals surface area contributed by atoms with Crippen LogP contribution in [0.2, 0.25) is 0 Å². The Morgan fingerprint density at radius 3 is 1.86 bits per heavy atom. The number of nitrogens with zero attached hydrogens (tertiary/aromatic N) is 2. The van der Waals surface area contributed by atoms with Crippen molar-refractivity contribution in [2.45, 2.75) is 67.2 Å². The first-order valence-corrected chi connectivity index (χ1v) is 14.8. The van der Waals surface area contributed by atoms with Crippen molar-refractivity contribution in [1.29, 1.82) is 0 Å². The minimum absolute atomic E-state index is 0.144. The molecule has 3 rings (SSSR count). The van der Waals surface area contributed by atoms with E-state index >= 15 is 0 Å². The number of carbonyl (C=O) groups is 5. The highest BCUT2D eigenvalue weighted by atomic mass is 16.5. The Hall–Kier alpha value is -3.43. The first kappa shape index (κ1) is 33.1. The molecular formula is C32H46N2O8. The van der Waals surface area contributed by atoms with Gasteiger partial charge in [0.1, 0.15) is 29.3 Å². The zero-order valence-corrected chi connectivity index (χ0v) is 26.2. The Morgan fingerprint density at radius 1 is 0.833 bits per heavy atom. The van der Waals surface area contributed by atoms with Gasteiger partial charge in [-0.15, -0.1) is 0 Å². The number of rotatable bonds is 10. The maximum absolute atomic E-state index is 13.7. The molecule has 0 aromatic heterocycles. The number of allylic oxidation sites excluding steroid dienone is 4. The lowest BCUT2D eigenvalue weighted by Crippen LogP contribution is -2.53. The topological polar surface area (TPSA) is 131 Å². The van der Waals surface area contributed by atoms with Crippen LogP contribution >= 0.6 is 0 Å². The van der Waals surface area contributed by atoms with Gasteiger partial charge in [-0.25, -0.2) is 0 Å². The van der Waals surface area contributed by atoms with Crippen LogP contribution in [-0.4, -0.2) is 84.6 Å². The molecule has 3 atom stereocenters. The number of hydrogen-bond donors (Lipinski definition) is 1. The number of piperazine rings is 1. The SMILES string of the molecule is CCCC(=O)C1=C(O)C(C(=O)OC)C(C)(C)C=C1N1CCN(C2=CC(C)(C)C(C(=O)OC)C(=O)C2C(=O)CCC)CC1. The number of ketones is 3. The number of aliphatic hydroxyl groups is 1. The molecule has 3 unspecified atom stereocenters. The third-order valence-corrected chi connectivity index (χ3v) is 8.60. The molecular weight excluding hydrogens is 540 g/mol. The summed E-state index contributed by atoms with van der Waals surface area (Å²) in [6.45, 7) is 12.8. The van der Waals surface area contributed by atoms with Gasteiger partial charge in [-0.3, -0.25) is 24.0 Å². The quantitative estimate of drug-likeness (QED) is 0.298. The minimum Gasteiger partial charge on any atom is -0.511 e. The van der Waals surface area contributed by atoms with Gasteiger partial charge in [-0.05, 0) is 12.8 Å². The number of esters is 2. The van der Waals surface area contributed by atoms with E-state index in [4.69, 9.17) is 9.47 Å². The van der Waals surface area contributed by atoms with E-state index in [1.165, 1.54) is 14.2 Å². The molecule has 0 spiro atoms. The molecule has 0 amide bonds. The summed E-state index contributed by atoms with van der Waals surface area (Å²) in [6, 6.07) is 0. The van der Waals surface area contributed by atoms with E-state index in [9.17, 15) is 29.1 Å². The van der Waals surface area contributed by atoms with Gasteiger partial charge in [0.05, 0.1) is 19.8 Å². The smallest absolute Gasteiger partial charge is 0.317 e. The fourth-order valence-electron chi connectivity index (χ4n) is 6.51. The van der Waals surface area contributed by atoms with E-state index in [2.05, 4.69) is 0 Å². The number of aliphatic hydroxyl groups excluding tert-OH is 1. The maximum atomic E-state index is 13.7. The lowest BCUT2D eigenvalue weighted by molar-refractivity contribution is -0.156. The highest BCUT2D eigenvalue weighted by molar-refractivity contribution is 6.13. The van der Waals surface area contributed by atoms with Gasteiger partial charge in [0.2, 0.25) is 0 Å². The average molecular weight is 587 g/mol. The summed E-state index contributed by atoms with van der Waals surface area (Å²) in [5.41, 5.74) is -0.346. The van der Waals surface area contributed by atoms with Crippen LogP contribution in [0.25, 0.3) is 0 Å². The normalized spacial score (nSPS) is 25.4. The van der Waals surface area contributed by atoms with Crippen LogP contribution in [0.5, 0.6) is 0 Å². The molecule has 0 radical (unpaired) electrons. The van der Waals surface area contributed by atoms with E-state index in [0.717, 1.165) is 0 Å². The number of ether oxygens (including phenoxy) is 2. The lowest BCUT2D eigenvalue weighted by Gasteiger charge is -2.46. The summed E-state index contributed by atoms with van der Waals surface area (Å²) in [6.07, 6.45) is 5.34. The van der Waals surface area contributed by atoms with Crippen molar-refractivity contribution in [3.05, 3.63) is 34.9 Å². The Balaban J connectivity index is 1.97. The standard InChI is InChI=1S/C32H46N2O8/c1-9-11-21(35)23-19(17-31(3,4)25(27(23)37)29(39)41-7)33-13-15-34(16-14-33)20-18-32(5,6)26(30(40)42-8)28(38)24(20)22(36)12-10-2/h17-18,23,25-26,38H,9-16H2,1-8H3. The molecule has 1 aliphatic heterocycles. The van der Waals surface area contributed by atoms with Crippen LogP contribution in [0.4, 0.5) is 0 Å². The number of hydrogen-bond acceptors (Lipinski definition) is 10. The van der Waals surface area contributed by atoms with Gasteiger partial charge in [0.25, 0.3) is 0 Å². The van der Waals surface area contributed by atoms with Gasteiger partial charge in [-0.2, -0.15) is 0 Å². The van der Waals surface area contributed by atoms with Crippen molar-refractivity contribution in [1.82, 2.24) is 9.80 Å². The van der Waals surface area contributed by atoms with E-state index in [1.807, 2.05) is 49.6 Å². The Labute approximate surface area is 248 Å². The molecule has 1 saturated heterocycles. The second-order valence-corrected chi connectivity index (χ2v) is 12.6. The van der Waals surface area contributed by atoms with Gasteiger partial charge in [0, 0.05) is 61.2 Å². The summed E-state index contributed by atoms with van der Waals surface area (Å²) in [5.74, 6) is -5.54. The first-order chi connectivity index (χ1) is 19.7. The Kier molecular flexibility index (Phi) is 10.1. The number of Topliss-reactive ketones (excluding diaryl/α,β-unsaturated/α-hetero) is 3. The highest BCUT2D eigenvalue weighted by Gasteiger charge is 2.51. The van der Waals surface area contributed by atoms with Crippen LogP contribution in [-0.2, 0) is 33.4 Å². The molecule has 1 fully saturated rings. The molecule has 2 aliphatic carbocycles. The third-order valence-electron chi connectivity index (χ3n) is 8.60. The van der Waals surface area contributed by atoms with E-state index in [-0.39, 0.29) is 35.7 Å². The van der Waals surface area contributed by atoms with Crippen LogP contribution in [0.3, 0.4) is 0 Å². The van der Waals surface area contributed by atoms with Gasteiger partial charge < -0.3 is 24.4 Å². The second kappa shape index (κ2) is 12.8. The summed E-state index contributed by atoms with van der Waals surface area (Å²) in [4.78, 5) is 69.5. The van der Waals surface area contributed by atoms with E-state index in [1.54, 1.807) is 13.8 Å². The van der Waals surface area contributed by atoms with Crippen molar-refractivity contribution in [3.63, 3.8) is 0 Å². The van der Waals surface area contributed by atoms with Crippen molar-refractivity contribution < 1.29 is 38.6 Å². The third kappa shape index (κ3) is 6.17.